The molecule has 0 aliphatic rings. The number of carbonyl (C=O) groups is 1. The molecule has 0 unspecified atom stereocenters. The van der Waals surface area contributed by atoms with Gasteiger partial charge in [0.05, 0.1) is 29.7 Å². The Hall–Kier alpha value is -4.01. The standard InChI is InChI=1S/C20H18N4O5/c1-13-3-5-14(6-4-13)16-10-20(26)23(12-21-16)11-19(25)22-17-9-15(24(27)28)7-8-18(17)29-2/h3-10,12H,11H2,1-2H3,(H,22,25). The van der Waals surface area contributed by atoms with E-state index < -0.39 is 16.4 Å². The van der Waals surface area contributed by atoms with Crippen LogP contribution in [0.1, 0.15) is 5.56 Å². The maximum Gasteiger partial charge on any atom is 0.271 e. The lowest BCUT2D eigenvalue weighted by atomic mass is 10.1. The minimum absolute atomic E-state index is 0.143. The van der Waals surface area contributed by atoms with Gasteiger partial charge in [-0.05, 0) is 13.0 Å². The number of hydrogen-bond acceptors (Lipinski definition) is 6. The summed E-state index contributed by atoms with van der Waals surface area (Å²) in [6.07, 6.45) is 1.29. The molecule has 0 radical (unpaired) electrons. The van der Waals surface area contributed by atoms with Gasteiger partial charge in [-0.3, -0.25) is 24.3 Å². The number of anilines is 1. The molecule has 1 amide bonds. The Morgan fingerprint density at radius 3 is 2.55 bits per heavy atom. The molecule has 3 rings (SSSR count). The third-order valence-corrected chi connectivity index (χ3v) is 4.21. The molecular weight excluding hydrogens is 376 g/mol. The van der Waals surface area contributed by atoms with Gasteiger partial charge in [0, 0.05) is 23.8 Å². The first kappa shape index (κ1) is 19.7. The molecule has 3 aromatic rings. The molecular formula is C20H18N4O5. The van der Waals surface area contributed by atoms with Gasteiger partial charge in [0.25, 0.3) is 11.2 Å². The Kier molecular flexibility index (Phi) is 5.68. The van der Waals surface area contributed by atoms with Gasteiger partial charge in [-0.15, -0.1) is 0 Å². The van der Waals surface area contributed by atoms with Crippen molar-refractivity contribution in [2.45, 2.75) is 13.5 Å². The van der Waals surface area contributed by atoms with Crippen LogP contribution in [0, 0.1) is 17.0 Å². The van der Waals surface area contributed by atoms with Crippen LogP contribution in [0.5, 0.6) is 5.75 Å². The van der Waals surface area contributed by atoms with Gasteiger partial charge in [0.15, 0.2) is 0 Å². The number of rotatable bonds is 6. The number of non-ortho nitro benzene ring substituents is 1. The molecule has 1 aromatic heterocycles. The maximum atomic E-state index is 12.4. The molecule has 0 atom stereocenters. The molecule has 0 aliphatic carbocycles. The van der Waals surface area contributed by atoms with Crippen molar-refractivity contribution in [2.24, 2.45) is 0 Å². The number of nitrogens with zero attached hydrogens (tertiary/aromatic N) is 3. The molecule has 29 heavy (non-hydrogen) atoms. The fourth-order valence-electron chi connectivity index (χ4n) is 2.68. The molecule has 2 aromatic carbocycles. The number of hydrogen-bond donors (Lipinski definition) is 1. The quantitative estimate of drug-likeness (QED) is 0.508. The van der Waals surface area contributed by atoms with Crippen molar-refractivity contribution < 1.29 is 14.5 Å². The molecule has 0 bridgehead atoms. The van der Waals surface area contributed by atoms with Crippen molar-refractivity contribution >= 4 is 17.3 Å². The van der Waals surface area contributed by atoms with E-state index >= 15 is 0 Å². The monoisotopic (exact) mass is 394 g/mol. The minimum Gasteiger partial charge on any atom is -0.495 e. The highest BCUT2D eigenvalue weighted by molar-refractivity contribution is 5.92. The predicted octanol–water partition coefficient (Wildman–Crippen LogP) is 2.77. The summed E-state index contributed by atoms with van der Waals surface area (Å²) in [6.45, 7) is 1.66. The number of aryl methyl sites for hydroxylation is 1. The van der Waals surface area contributed by atoms with Crippen molar-refractivity contribution in [3.05, 3.63) is 80.9 Å². The van der Waals surface area contributed by atoms with Crippen LogP contribution in [0.25, 0.3) is 11.3 Å². The summed E-state index contributed by atoms with van der Waals surface area (Å²) >= 11 is 0. The van der Waals surface area contributed by atoms with Crippen LogP contribution in [0.4, 0.5) is 11.4 Å². The summed E-state index contributed by atoms with van der Waals surface area (Å²) in [6, 6.07) is 12.8. The van der Waals surface area contributed by atoms with Crippen LogP contribution >= 0.6 is 0 Å². The second kappa shape index (κ2) is 8.34. The molecule has 0 fully saturated rings. The van der Waals surface area contributed by atoms with Gasteiger partial charge in [0.2, 0.25) is 5.91 Å². The van der Waals surface area contributed by atoms with E-state index in [0.29, 0.717) is 5.69 Å². The van der Waals surface area contributed by atoms with Crippen LogP contribution in [-0.4, -0.2) is 27.5 Å². The number of benzene rings is 2. The van der Waals surface area contributed by atoms with Gasteiger partial charge >= 0.3 is 0 Å². The Labute approximate surface area is 165 Å². The molecule has 9 nitrogen and oxygen atoms in total. The van der Waals surface area contributed by atoms with E-state index in [-0.39, 0.29) is 23.7 Å². The Bertz CT molecular complexity index is 1120. The topological polar surface area (TPSA) is 116 Å². The van der Waals surface area contributed by atoms with Crippen LogP contribution in [0.15, 0.2) is 59.7 Å². The third-order valence-electron chi connectivity index (χ3n) is 4.21. The average Bonchev–Trinajstić information content (AvgIpc) is 2.70. The van der Waals surface area contributed by atoms with E-state index in [2.05, 4.69) is 10.3 Å². The van der Waals surface area contributed by atoms with E-state index in [1.807, 2.05) is 31.2 Å². The normalized spacial score (nSPS) is 10.4. The summed E-state index contributed by atoms with van der Waals surface area (Å²) < 4.78 is 6.26. The number of methoxy groups -OCH3 is 1. The summed E-state index contributed by atoms with van der Waals surface area (Å²) in [5.74, 6) is -0.278. The van der Waals surface area contributed by atoms with Crippen molar-refractivity contribution in [2.75, 3.05) is 12.4 Å². The number of aromatic nitrogens is 2. The molecule has 1 N–H and O–H groups in total. The fraction of sp³-hybridized carbons (Fsp3) is 0.150. The van der Waals surface area contributed by atoms with E-state index in [1.165, 1.54) is 37.7 Å². The average molecular weight is 394 g/mol. The third kappa shape index (κ3) is 4.64. The van der Waals surface area contributed by atoms with Crippen molar-refractivity contribution in [1.29, 1.82) is 0 Å². The van der Waals surface area contributed by atoms with Crippen LogP contribution in [-0.2, 0) is 11.3 Å². The van der Waals surface area contributed by atoms with Gasteiger partial charge in [-0.1, -0.05) is 29.8 Å². The van der Waals surface area contributed by atoms with Gasteiger partial charge in [-0.2, -0.15) is 0 Å². The highest BCUT2D eigenvalue weighted by Gasteiger charge is 2.14. The first-order valence-electron chi connectivity index (χ1n) is 8.63. The fourth-order valence-corrected chi connectivity index (χ4v) is 2.68. The second-order valence-electron chi connectivity index (χ2n) is 6.30. The Morgan fingerprint density at radius 2 is 1.93 bits per heavy atom. The summed E-state index contributed by atoms with van der Waals surface area (Å²) in [7, 11) is 1.38. The summed E-state index contributed by atoms with van der Waals surface area (Å²) in [4.78, 5) is 39.3. The van der Waals surface area contributed by atoms with Gasteiger partial charge in [0.1, 0.15) is 12.3 Å². The molecule has 148 valence electrons. The highest BCUT2D eigenvalue weighted by Crippen LogP contribution is 2.28. The largest absolute Gasteiger partial charge is 0.495 e. The number of nitrogens with one attached hydrogen (secondary N) is 1. The predicted molar refractivity (Wildman–Crippen MR) is 107 cm³/mol. The highest BCUT2D eigenvalue weighted by atomic mass is 16.6. The minimum atomic E-state index is -0.576. The summed E-state index contributed by atoms with van der Waals surface area (Å²) in [5, 5.41) is 13.5. The van der Waals surface area contributed by atoms with Crippen LogP contribution in [0.3, 0.4) is 0 Å². The lowest BCUT2D eigenvalue weighted by Gasteiger charge is -2.11. The first-order valence-corrected chi connectivity index (χ1v) is 8.63. The van der Waals surface area contributed by atoms with Crippen LogP contribution < -0.4 is 15.6 Å². The molecule has 0 spiro atoms. The Morgan fingerprint density at radius 1 is 1.21 bits per heavy atom. The first-order chi connectivity index (χ1) is 13.9. The zero-order chi connectivity index (χ0) is 21.0. The smallest absolute Gasteiger partial charge is 0.271 e. The number of nitro benzene ring substituents is 1. The molecule has 0 saturated heterocycles. The number of amides is 1. The molecule has 0 saturated carbocycles. The van der Waals surface area contributed by atoms with Crippen molar-refractivity contribution in [3.63, 3.8) is 0 Å². The second-order valence-corrected chi connectivity index (χ2v) is 6.30. The number of ether oxygens (including phenoxy) is 1. The van der Waals surface area contributed by atoms with E-state index in [1.54, 1.807) is 0 Å². The lowest BCUT2D eigenvalue weighted by molar-refractivity contribution is -0.384. The SMILES string of the molecule is COc1ccc([N+](=O)[O-])cc1NC(=O)Cn1cnc(-c2ccc(C)cc2)cc1=O. The van der Waals surface area contributed by atoms with Crippen molar-refractivity contribution in [3.8, 4) is 17.0 Å². The zero-order valence-electron chi connectivity index (χ0n) is 15.8. The van der Waals surface area contributed by atoms with Crippen LogP contribution in [0.2, 0.25) is 0 Å². The summed E-state index contributed by atoms with van der Waals surface area (Å²) in [5.41, 5.74) is 1.95. The zero-order valence-corrected chi connectivity index (χ0v) is 15.8. The van der Waals surface area contributed by atoms with E-state index in [9.17, 15) is 19.7 Å². The van der Waals surface area contributed by atoms with E-state index in [0.717, 1.165) is 15.7 Å². The maximum absolute atomic E-state index is 12.4. The van der Waals surface area contributed by atoms with Gasteiger partial charge in [-0.25, -0.2) is 4.98 Å². The number of carbonyl (C=O) groups excluding carboxylic acids is 1. The Balaban J connectivity index is 1.77. The number of nitro groups is 1. The molecule has 1 heterocycles. The molecule has 9 heteroatoms. The lowest BCUT2D eigenvalue weighted by Crippen LogP contribution is -2.27. The van der Waals surface area contributed by atoms with E-state index in [4.69, 9.17) is 4.74 Å². The molecule has 0 aliphatic heterocycles. The van der Waals surface area contributed by atoms with Crippen molar-refractivity contribution in [1.82, 2.24) is 9.55 Å². The van der Waals surface area contributed by atoms with Gasteiger partial charge < -0.3 is 10.1 Å².